The summed E-state index contributed by atoms with van der Waals surface area (Å²) in [6.45, 7) is 2.77. The Morgan fingerprint density at radius 1 is 1.33 bits per heavy atom. The van der Waals surface area contributed by atoms with Gasteiger partial charge in [-0.3, -0.25) is 14.0 Å². The van der Waals surface area contributed by atoms with Gasteiger partial charge in [0.25, 0.3) is 0 Å². The predicted molar refractivity (Wildman–Crippen MR) is 38.4 cm³/mol. The summed E-state index contributed by atoms with van der Waals surface area (Å²) >= 11 is 0. The van der Waals surface area contributed by atoms with Crippen LogP contribution in [0.15, 0.2) is 0 Å². The first-order valence-corrected chi connectivity index (χ1v) is 3.17. The van der Waals surface area contributed by atoms with Crippen molar-refractivity contribution in [2.24, 2.45) is 0 Å². The van der Waals surface area contributed by atoms with E-state index in [1.54, 1.807) is 0 Å². The van der Waals surface area contributed by atoms with Gasteiger partial charge in [-0.05, 0) is 0 Å². The Morgan fingerprint density at radius 2 is 1.92 bits per heavy atom. The molecule has 0 radical (unpaired) electrons. The Labute approximate surface area is 69.0 Å². The fourth-order valence-corrected chi connectivity index (χ4v) is 0.500. The Hall–Kier alpha value is -1.52. The Bertz CT molecular complexity index is 218. The molecular formula is C7H9O5+. The van der Waals surface area contributed by atoms with E-state index in [4.69, 9.17) is 0 Å². The van der Waals surface area contributed by atoms with Crippen LogP contribution in [-0.4, -0.2) is 31.6 Å². The molecule has 12 heavy (non-hydrogen) atoms. The average Bonchev–Trinajstić information content (AvgIpc) is 2.11. The van der Waals surface area contributed by atoms with Gasteiger partial charge in [0, 0.05) is 6.42 Å². The van der Waals surface area contributed by atoms with Crippen LogP contribution in [0.1, 0.15) is 12.8 Å². The van der Waals surface area contributed by atoms with Crippen LogP contribution < -0.4 is 0 Å². The van der Waals surface area contributed by atoms with Gasteiger partial charge in [-0.2, -0.15) is 0 Å². The maximum absolute atomic E-state index is 10.7. The smallest absolute Gasteiger partial charge is 0.469 e. The zero-order valence-electron chi connectivity index (χ0n) is 6.66. The second-order valence-electron chi connectivity index (χ2n) is 1.93. The molecule has 66 valence electrons. The zero-order chi connectivity index (χ0) is 9.56. The van der Waals surface area contributed by atoms with Crippen LogP contribution in [-0.2, 0) is 23.5 Å². The van der Waals surface area contributed by atoms with Crippen molar-refractivity contribution in [2.75, 3.05) is 7.11 Å². The van der Waals surface area contributed by atoms with E-state index in [9.17, 15) is 14.4 Å². The van der Waals surface area contributed by atoms with Crippen molar-refractivity contribution in [3.05, 3.63) is 0 Å². The Kier molecular flexibility index (Phi) is 4.52. The molecule has 0 heterocycles. The van der Waals surface area contributed by atoms with Crippen molar-refractivity contribution in [2.45, 2.75) is 12.8 Å². The summed E-state index contributed by atoms with van der Waals surface area (Å²) in [5.41, 5.74) is 0. The fraction of sp³-hybridized carbons (Fsp3) is 0.429. The van der Waals surface area contributed by atoms with E-state index >= 15 is 0 Å². The molecule has 0 rings (SSSR count). The van der Waals surface area contributed by atoms with E-state index in [-0.39, 0.29) is 12.8 Å². The van der Waals surface area contributed by atoms with E-state index < -0.39 is 17.7 Å². The third-order valence-corrected chi connectivity index (χ3v) is 1.14. The van der Waals surface area contributed by atoms with Crippen LogP contribution in [0.5, 0.6) is 0 Å². The van der Waals surface area contributed by atoms with Crippen LogP contribution in [0, 0.1) is 0 Å². The molecule has 0 N–H and O–H groups in total. The van der Waals surface area contributed by atoms with Crippen molar-refractivity contribution < 1.29 is 23.5 Å². The highest BCUT2D eigenvalue weighted by Gasteiger charge is 2.25. The summed E-state index contributed by atoms with van der Waals surface area (Å²) in [5, 5.41) is 0. The van der Waals surface area contributed by atoms with E-state index in [0.29, 0.717) is 0 Å². The number of hydrogen-bond donors (Lipinski definition) is 0. The van der Waals surface area contributed by atoms with Crippen molar-refractivity contribution in [1.82, 2.24) is 0 Å². The zero-order valence-corrected chi connectivity index (χ0v) is 6.66. The molecule has 5 heteroatoms. The lowest BCUT2D eigenvalue weighted by atomic mass is 10.2. The topological polar surface area (TPSA) is 71.7 Å². The maximum atomic E-state index is 10.7. The molecule has 0 bridgehead atoms. The number of methoxy groups -OCH3 is 1. The van der Waals surface area contributed by atoms with Gasteiger partial charge in [0.1, 0.15) is 0 Å². The molecule has 5 nitrogen and oxygen atoms in total. The standard InChI is InChI=1S/C7H9O5/c1-11-6(9)4-3-5(8)7(10)12-2/h2-4H2,1H3/q+1. The van der Waals surface area contributed by atoms with Crippen molar-refractivity contribution >= 4 is 24.5 Å². The first-order chi connectivity index (χ1) is 5.61. The minimum Gasteiger partial charge on any atom is -0.469 e. The predicted octanol–water partition coefficient (Wildman–Crippen LogP) is -0.600. The van der Waals surface area contributed by atoms with Gasteiger partial charge >= 0.3 is 17.7 Å². The third kappa shape index (κ3) is 3.60. The van der Waals surface area contributed by atoms with Crippen molar-refractivity contribution in [1.29, 1.82) is 0 Å². The number of Topliss-reactive ketones (excluding diaryl/α,β-unsaturated/α-hetero) is 1. The summed E-state index contributed by atoms with van der Waals surface area (Å²) in [7, 11) is 1.20. The van der Waals surface area contributed by atoms with Gasteiger partial charge < -0.3 is 4.74 Å². The highest BCUT2D eigenvalue weighted by atomic mass is 16.5. The number of rotatable bonds is 4. The molecule has 0 aliphatic heterocycles. The van der Waals surface area contributed by atoms with Gasteiger partial charge in [0.2, 0.25) is 0 Å². The van der Waals surface area contributed by atoms with Gasteiger partial charge in [-0.25, -0.2) is 0 Å². The molecule has 0 aliphatic carbocycles. The molecule has 0 aromatic heterocycles. The summed E-state index contributed by atoms with van der Waals surface area (Å²) < 4.78 is 8.14. The van der Waals surface area contributed by atoms with E-state index in [1.165, 1.54) is 7.11 Å². The molecule has 0 amide bonds. The second-order valence-corrected chi connectivity index (χ2v) is 1.93. The number of esters is 1. The number of ether oxygens (including phenoxy) is 1. The maximum Gasteiger partial charge on any atom is 0.648 e. The van der Waals surface area contributed by atoms with Crippen LogP contribution in [0.3, 0.4) is 0 Å². The minimum atomic E-state index is -1.04. The first kappa shape index (κ1) is 10.5. The van der Waals surface area contributed by atoms with Gasteiger partial charge in [0.15, 0.2) is 6.79 Å². The summed E-state index contributed by atoms with van der Waals surface area (Å²) in [6, 6.07) is 0. The molecule has 0 fully saturated rings. The number of hydrogen-bond acceptors (Lipinski definition) is 4. The molecule has 0 aliphatic rings. The third-order valence-electron chi connectivity index (χ3n) is 1.14. The van der Waals surface area contributed by atoms with Crippen LogP contribution in [0.25, 0.3) is 0 Å². The lowest BCUT2D eigenvalue weighted by Crippen LogP contribution is -2.15. The number of carbonyl (C=O) groups excluding carboxylic acids is 4. The highest BCUT2D eigenvalue weighted by molar-refractivity contribution is 6.32. The Balaban J connectivity index is 3.79. The molecular weight excluding hydrogens is 164 g/mol. The second kappa shape index (κ2) is 5.17. The molecule has 0 aromatic rings. The summed E-state index contributed by atoms with van der Waals surface area (Å²) in [6.07, 6.45) is -0.328. The normalized spacial score (nSPS) is 8.75. The lowest BCUT2D eigenvalue weighted by molar-refractivity contribution is -0.362. The van der Waals surface area contributed by atoms with Crippen LogP contribution in [0.4, 0.5) is 0 Å². The number of carbonyl (C=O) groups is 3. The minimum absolute atomic E-state index is 0.121. The van der Waals surface area contributed by atoms with Crippen molar-refractivity contribution in [3.8, 4) is 0 Å². The van der Waals surface area contributed by atoms with Gasteiger partial charge in [0.05, 0.1) is 18.3 Å². The average molecular weight is 173 g/mol. The van der Waals surface area contributed by atoms with E-state index in [2.05, 4.69) is 16.0 Å². The van der Waals surface area contributed by atoms with Gasteiger partial charge in [-0.1, -0.05) is 0 Å². The number of ketones is 1. The molecule has 0 saturated carbocycles. The highest BCUT2D eigenvalue weighted by Crippen LogP contribution is 1.93. The summed E-state index contributed by atoms with van der Waals surface area (Å²) in [4.78, 5) is 31.6. The van der Waals surface area contributed by atoms with E-state index in [1.807, 2.05) is 0 Å². The molecule has 0 aromatic carbocycles. The Morgan fingerprint density at radius 3 is 2.33 bits per heavy atom. The molecule has 0 unspecified atom stereocenters. The molecule has 0 saturated heterocycles. The quantitative estimate of drug-likeness (QED) is 0.323. The summed E-state index contributed by atoms with van der Waals surface area (Å²) in [5.74, 6) is -2.37. The first-order valence-electron chi connectivity index (χ1n) is 3.17. The van der Waals surface area contributed by atoms with Gasteiger partial charge in [-0.15, -0.1) is 0 Å². The van der Waals surface area contributed by atoms with Crippen molar-refractivity contribution in [3.63, 3.8) is 0 Å². The van der Waals surface area contributed by atoms with Crippen LogP contribution >= 0.6 is 0 Å². The monoisotopic (exact) mass is 173 g/mol. The largest absolute Gasteiger partial charge is 0.648 e. The fourth-order valence-electron chi connectivity index (χ4n) is 0.500. The van der Waals surface area contributed by atoms with Crippen LogP contribution in [0.2, 0.25) is 0 Å². The molecule has 0 spiro atoms. The lowest BCUT2D eigenvalue weighted by Gasteiger charge is -1.92. The SMILES string of the molecule is C=[O+]C(=O)C(=O)CCC(=O)OC. The molecule has 0 atom stereocenters. The van der Waals surface area contributed by atoms with E-state index in [0.717, 1.165) is 0 Å².